The Morgan fingerprint density at radius 1 is 1.17 bits per heavy atom. The predicted octanol–water partition coefficient (Wildman–Crippen LogP) is -0.0155. The lowest BCUT2D eigenvalue weighted by Crippen LogP contribution is -2.42. The maximum Gasteiger partial charge on any atom is 0.331 e. The first-order valence-corrected chi connectivity index (χ1v) is 7.88. The highest BCUT2D eigenvalue weighted by Crippen LogP contribution is 2.24. The monoisotopic (exact) mass is 331 g/mol. The van der Waals surface area contributed by atoms with Crippen molar-refractivity contribution in [2.45, 2.75) is 26.3 Å². The fraction of sp³-hybridized carbons (Fsp3) is 0.500. The molecule has 0 aliphatic carbocycles. The lowest BCUT2D eigenvalue weighted by molar-refractivity contribution is 0.0775. The van der Waals surface area contributed by atoms with Gasteiger partial charge in [0.15, 0.2) is 0 Å². The van der Waals surface area contributed by atoms with E-state index in [0.29, 0.717) is 13.1 Å². The number of carbonyl (C=O) groups is 1. The summed E-state index contributed by atoms with van der Waals surface area (Å²) in [5, 5.41) is 4.49. The first kappa shape index (κ1) is 16.2. The topological polar surface area (TPSA) is 82.1 Å². The minimum absolute atomic E-state index is 0.117. The molecule has 1 aliphatic rings. The van der Waals surface area contributed by atoms with E-state index in [-0.39, 0.29) is 17.6 Å². The normalized spacial score (nSPS) is 17.5. The summed E-state index contributed by atoms with van der Waals surface area (Å²) in [6.45, 7) is 5.03. The molecule has 8 nitrogen and oxygen atoms in total. The zero-order valence-electron chi connectivity index (χ0n) is 14.3. The Morgan fingerprint density at radius 3 is 2.50 bits per heavy atom. The third-order valence-corrected chi connectivity index (χ3v) is 4.59. The Balaban J connectivity index is 1.87. The summed E-state index contributed by atoms with van der Waals surface area (Å²) in [7, 11) is 2.90. The van der Waals surface area contributed by atoms with Crippen molar-refractivity contribution < 1.29 is 4.79 Å². The van der Waals surface area contributed by atoms with Crippen LogP contribution in [-0.2, 0) is 14.1 Å². The number of hydrogen-bond acceptors (Lipinski definition) is 4. The van der Waals surface area contributed by atoms with Crippen molar-refractivity contribution in [1.82, 2.24) is 23.8 Å². The van der Waals surface area contributed by atoms with E-state index in [2.05, 4.69) is 5.10 Å². The summed E-state index contributed by atoms with van der Waals surface area (Å²) in [6, 6.07) is 3.35. The van der Waals surface area contributed by atoms with E-state index in [1.54, 1.807) is 4.90 Å². The van der Waals surface area contributed by atoms with E-state index in [9.17, 15) is 14.4 Å². The molecule has 0 spiro atoms. The van der Waals surface area contributed by atoms with E-state index in [4.69, 9.17) is 0 Å². The molecule has 0 bridgehead atoms. The van der Waals surface area contributed by atoms with Gasteiger partial charge in [-0.1, -0.05) is 0 Å². The summed E-state index contributed by atoms with van der Waals surface area (Å²) in [6.07, 6.45) is 0.798. The van der Waals surface area contributed by atoms with Crippen LogP contribution in [0.1, 0.15) is 34.3 Å². The fourth-order valence-corrected chi connectivity index (χ4v) is 3.24. The molecule has 8 heteroatoms. The zero-order chi connectivity index (χ0) is 17.6. The number of amides is 1. The van der Waals surface area contributed by atoms with Gasteiger partial charge >= 0.3 is 5.69 Å². The van der Waals surface area contributed by atoms with Crippen LogP contribution < -0.4 is 11.2 Å². The minimum Gasteiger partial charge on any atom is -0.335 e. The summed E-state index contributed by atoms with van der Waals surface area (Å²) in [4.78, 5) is 38.2. The molecule has 0 radical (unpaired) electrons. The van der Waals surface area contributed by atoms with Gasteiger partial charge in [0.25, 0.3) is 11.5 Å². The van der Waals surface area contributed by atoms with Gasteiger partial charge in [0.1, 0.15) is 5.69 Å². The molecule has 0 N–H and O–H groups in total. The van der Waals surface area contributed by atoms with Gasteiger partial charge in [-0.15, -0.1) is 0 Å². The molecule has 2 aromatic heterocycles. The summed E-state index contributed by atoms with van der Waals surface area (Å²) >= 11 is 0. The molecule has 1 fully saturated rings. The molecule has 1 atom stereocenters. The van der Waals surface area contributed by atoms with Crippen molar-refractivity contribution in [3.8, 4) is 0 Å². The largest absolute Gasteiger partial charge is 0.335 e. The second kappa shape index (κ2) is 5.77. The van der Waals surface area contributed by atoms with Crippen molar-refractivity contribution in [2.75, 3.05) is 13.1 Å². The van der Waals surface area contributed by atoms with Crippen LogP contribution >= 0.6 is 0 Å². The molecule has 2 aromatic rings. The van der Waals surface area contributed by atoms with Crippen LogP contribution in [0, 0.1) is 13.8 Å². The highest BCUT2D eigenvalue weighted by molar-refractivity contribution is 5.92. The standard InChI is InChI=1S/C16H21N5O3/c1-10-7-11(2)21(17-10)12-5-6-20(9-12)15(23)13-8-14(22)19(4)16(24)18(13)3/h7-8,12H,5-6,9H2,1-4H3. The zero-order valence-corrected chi connectivity index (χ0v) is 14.3. The van der Waals surface area contributed by atoms with E-state index < -0.39 is 11.2 Å². The van der Waals surface area contributed by atoms with E-state index >= 15 is 0 Å². The Hall–Kier alpha value is -2.64. The number of aryl methyl sites for hydroxylation is 2. The number of hydrogen-bond donors (Lipinski definition) is 0. The van der Waals surface area contributed by atoms with Crippen LogP contribution in [0.4, 0.5) is 0 Å². The second-order valence-electron chi connectivity index (χ2n) is 6.33. The van der Waals surface area contributed by atoms with Gasteiger partial charge in [-0.05, 0) is 26.3 Å². The van der Waals surface area contributed by atoms with Crippen molar-refractivity contribution in [3.05, 3.63) is 50.1 Å². The Labute approximate surface area is 138 Å². The van der Waals surface area contributed by atoms with Gasteiger partial charge in [-0.25, -0.2) is 4.79 Å². The molecule has 24 heavy (non-hydrogen) atoms. The molecule has 128 valence electrons. The van der Waals surface area contributed by atoms with Crippen LogP contribution in [0.2, 0.25) is 0 Å². The van der Waals surface area contributed by atoms with Crippen molar-refractivity contribution in [3.63, 3.8) is 0 Å². The lowest BCUT2D eigenvalue weighted by Gasteiger charge is -2.19. The van der Waals surface area contributed by atoms with Crippen LogP contribution in [0.5, 0.6) is 0 Å². The molecule has 1 unspecified atom stereocenters. The third kappa shape index (κ3) is 2.57. The van der Waals surface area contributed by atoms with E-state index in [1.165, 1.54) is 24.7 Å². The number of likely N-dealkylation sites (tertiary alicyclic amines) is 1. The first-order valence-electron chi connectivity index (χ1n) is 7.88. The molecule has 0 aromatic carbocycles. The fourth-order valence-electron chi connectivity index (χ4n) is 3.24. The van der Waals surface area contributed by atoms with Gasteiger partial charge < -0.3 is 4.90 Å². The van der Waals surface area contributed by atoms with Crippen molar-refractivity contribution in [2.24, 2.45) is 14.1 Å². The Bertz CT molecular complexity index is 921. The number of nitrogens with zero attached hydrogens (tertiary/aromatic N) is 5. The van der Waals surface area contributed by atoms with Crippen LogP contribution in [0.15, 0.2) is 21.7 Å². The molecular weight excluding hydrogens is 310 g/mol. The van der Waals surface area contributed by atoms with Crippen LogP contribution in [0.3, 0.4) is 0 Å². The van der Waals surface area contributed by atoms with Gasteiger partial charge in [0.05, 0.1) is 11.7 Å². The van der Waals surface area contributed by atoms with Crippen LogP contribution in [0.25, 0.3) is 0 Å². The van der Waals surface area contributed by atoms with Gasteiger partial charge in [-0.3, -0.25) is 23.4 Å². The summed E-state index contributed by atoms with van der Waals surface area (Å²) in [5.74, 6) is -0.295. The van der Waals surface area contributed by atoms with Crippen LogP contribution in [-0.4, -0.2) is 42.8 Å². The molecule has 1 saturated heterocycles. The lowest BCUT2D eigenvalue weighted by atomic mass is 10.2. The second-order valence-corrected chi connectivity index (χ2v) is 6.33. The van der Waals surface area contributed by atoms with Gasteiger partial charge in [0.2, 0.25) is 0 Å². The third-order valence-electron chi connectivity index (χ3n) is 4.59. The molecule has 3 rings (SSSR count). The van der Waals surface area contributed by atoms with Gasteiger partial charge in [0, 0.05) is 38.9 Å². The van der Waals surface area contributed by atoms with Gasteiger partial charge in [-0.2, -0.15) is 5.10 Å². The average Bonchev–Trinajstić information content (AvgIpc) is 3.14. The minimum atomic E-state index is -0.500. The summed E-state index contributed by atoms with van der Waals surface area (Å²) in [5.41, 5.74) is 1.16. The first-order chi connectivity index (χ1) is 11.3. The average molecular weight is 331 g/mol. The smallest absolute Gasteiger partial charge is 0.331 e. The van der Waals surface area contributed by atoms with Crippen molar-refractivity contribution >= 4 is 5.91 Å². The Kier molecular flexibility index (Phi) is 3.90. The maximum atomic E-state index is 12.7. The maximum absolute atomic E-state index is 12.7. The molecule has 1 amide bonds. The highest BCUT2D eigenvalue weighted by Gasteiger charge is 2.30. The molecule has 0 saturated carbocycles. The van der Waals surface area contributed by atoms with E-state index in [1.807, 2.05) is 24.6 Å². The highest BCUT2D eigenvalue weighted by atomic mass is 16.2. The van der Waals surface area contributed by atoms with E-state index in [0.717, 1.165) is 22.4 Å². The number of carbonyl (C=O) groups excluding carboxylic acids is 1. The SMILES string of the molecule is Cc1cc(C)n(C2CCN(C(=O)c3cc(=O)n(C)c(=O)n3C)C2)n1. The molecular formula is C16H21N5O3. The molecule has 3 heterocycles. The number of rotatable bonds is 2. The summed E-state index contributed by atoms with van der Waals surface area (Å²) < 4.78 is 4.16. The Morgan fingerprint density at radius 2 is 1.88 bits per heavy atom. The molecule has 1 aliphatic heterocycles. The van der Waals surface area contributed by atoms with Crippen molar-refractivity contribution in [1.29, 1.82) is 0 Å². The number of aromatic nitrogens is 4. The quantitative estimate of drug-likeness (QED) is 0.775. The predicted molar refractivity (Wildman–Crippen MR) is 88.2 cm³/mol.